The second kappa shape index (κ2) is 4.66. The van der Waals surface area contributed by atoms with Gasteiger partial charge in [-0.15, -0.1) is 0 Å². The lowest BCUT2D eigenvalue weighted by Gasteiger charge is -2.07. The number of carboxylic acid groups (broad SMARTS) is 1. The van der Waals surface area contributed by atoms with Crippen LogP contribution in [0.4, 0.5) is 0 Å². The van der Waals surface area contributed by atoms with Gasteiger partial charge in [-0.1, -0.05) is 29.8 Å². The highest BCUT2D eigenvalue weighted by Gasteiger charge is 2.30. The van der Waals surface area contributed by atoms with Crippen molar-refractivity contribution in [2.24, 2.45) is 5.92 Å². The minimum atomic E-state index is -0.841. The Morgan fingerprint density at radius 1 is 1.44 bits per heavy atom. The van der Waals surface area contributed by atoms with Gasteiger partial charge in [0.2, 0.25) is 0 Å². The minimum absolute atomic E-state index is 0.337. The van der Waals surface area contributed by atoms with Crippen molar-refractivity contribution in [1.29, 1.82) is 0 Å². The van der Waals surface area contributed by atoms with Crippen LogP contribution in [0, 0.1) is 12.8 Å². The SMILES string of the molecule is Cc1ccc(CC2COC(C(=O)O)C2)cc1. The number of carbonyl (C=O) groups is 1. The van der Waals surface area contributed by atoms with Crippen LogP contribution in [0.2, 0.25) is 0 Å². The second-order valence-electron chi connectivity index (χ2n) is 4.45. The fraction of sp³-hybridized carbons (Fsp3) is 0.462. The van der Waals surface area contributed by atoms with Gasteiger partial charge in [0, 0.05) is 0 Å². The Kier molecular flexibility index (Phi) is 3.25. The third-order valence-electron chi connectivity index (χ3n) is 3.00. The Labute approximate surface area is 95.0 Å². The fourth-order valence-corrected chi connectivity index (χ4v) is 2.06. The number of carboxylic acids is 1. The summed E-state index contributed by atoms with van der Waals surface area (Å²) in [4.78, 5) is 10.7. The van der Waals surface area contributed by atoms with E-state index in [0.29, 0.717) is 18.9 Å². The number of hydrogen-bond acceptors (Lipinski definition) is 2. The lowest BCUT2D eigenvalue weighted by atomic mass is 9.96. The molecule has 2 rings (SSSR count). The fourth-order valence-electron chi connectivity index (χ4n) is 2.06. The molecule has 16 heavy (non-hydrogen) atoms. The van der Waals surface area contributed by atoms with E-state index in [9.17, 15) is 4.79 Å². The molecule has 0 saturated carbocycles. The van der Waals surface area contributed by atoms with Crippen LogP contribution >= 0.6 is 0 Å². The summed E-state index contributed by atoms with van der Waals surface area (Å²) in [5.41, 5.74) is 2.50. The zero-order valence-corrected chi connectivity index (χ0v) is 9.35. The molecular formula is C13H16O3. The average molecular weight is 220 g/mol. The summed E-state index contributed by atoms with van der Waals surface area (Å²) in [7, 11) is 0. The van der Waals surface area contributed by atoms with Crippen molar-refractivity contribution in [2.45, 2.75) is 25.9 Å². The predicted molar refractivity (Wildman–Crippen MR) is 60.4 cm³/mol. The number of aryl methyl sites for hydroxylation is 1. The third-order valence-corrected chi connectivity index (χ3v) is 3.00. The van der Waals surface area contributed by atoms with Crippen LogP contribution in [0.1, 0.15) is 17.5 Å². The lowest BCUT2D eigenvalue weighted by molar-refractivity contribution is -0.147. The van der Waals surface area contributed by atoms with Crippen LogP contribution in [0.3, 0.4) is 0 Å². The normalized spacial score (nSPS) is 24.6. The molecule has 0 radical (unpaired) electrons. The molecule has 1 fully saturated rings. The van der Waals surface area contributed by atoms with Crippen molar-refractivity contribution in [3.63, 3.8) is 0 Å². The maximum Gasteiger partial charge on any atom is 0.332 e. The highest BCUT2D eigenvalue weighted by Crippen LogP contribution is 2.23. The number of benzene rings is 1. The summed E-state index contributed by atoms with van der Waals surface area (Å²) in [6.45, 7) is 2.62. The first-order valence-electron chi connectivity index (χ1n) is 5.55. The highest BCUT2D eigenvalue weighted by atomic mass is 16.5. The number of rotatable bonds is 3. The molecule has 0 aliphatic carbocycles. The molecule has 1 aromatic rings. The first-order valence-corrected chi connectivity index (χ1v) is 5.55. The zero-order valence-electron chi connectivity index (χ0n) is 9.35. The lowest BCUT2D eigenvalue weighted by Crippen LogP contribution is -2.18. The van der Waals surface area contributed by atoms with Gasteiger partial charge in [0.25, 0.3) is 0 Å². The average Bonchev–Trinajstić information content (AvgIpc) is 2.70. The number of aliphatic carboxylic acids is 1. The summed E-state index contributed by atoms with van der Waals surface area (Å²) in [6.07, 6.45) is 0.934. The first-order chi connectivity index (χ1) is 7.65. The number of hydrogen-bond donors (Lipinski definition) is 1. The van der Waals surface area contributed by atoms with E-state index in [1.165, 1.54) is 11.1 Å². The Morgan fingerprint density at radius 3 is 2.69 bits per heavy atom. The van der Waals surface area contributed by atoms with Gasteiger partial charge in [-0.25, -0.2) is 4.79 Å². The molecule has 0 bridgehead atoms. The second-order valence-corrected chi connectivity index (χ2v) is 4.45. The maximum atomic E-state index is 10.7. The summed E-state index contributed by atoms with van der Waals surface area (Å²) in [6, 6.07) is 8.37. The minimum Gasteiger partial charge on any atom is -0.479 e. The smallest absolute Gasteiger partial charge is 0.332 e. The van der Waals surface area contributed by atoms with Crippen LogP contribution < -0.4 is 0 Å². The van der Waals surface area contributed by atoms with Gasteiger partial charge in [-0.2, -0.15) is 0 Å². The molecule has 86 valence electrons. The summed E-state index contributed by atoms with van der Waals surface area (Å²) in [5, 5.41) is 8.81. The Bertz CT molecular complexity index is 369. The van der Waals surface area contributed by atoms with E-state index in [1.54, 1.807) is 0 Å². The van der Waals surface area contributed by atoms with Crippen molar-refractivity contribution >= 4 is 5.97 Å². The molecule has 3 heteroatoms. The maximum absolute atomic E-state index is 10.7. The highest BCUT2D eigenvalue weighted by molar-refractivity contribution is 5.72. The molecule has 0 amide bonds. The topological polar surface area (TPSA) is 46.5 Å². The molecule has 2 unspecified atom stereocenters. The van der Waals surface area contributed by atoms with Crippen molar-refractivity contribution < 1.29 is 14.6 Å². The predicted octanol–water partition coefficient (Wildman–Crippen LogP) is 2.03. The van der Waals surface area contributed by atoms with Crippen LogP contribution in [0.5, 0.6) is 0 Å². The van der Waals surface area contributed by atoms with Gasteiger partial charge >= 0.3 is 5.97 Å². The summed E-state index contributed by atoms with van der Waals surface area (Å²) in [5.74, 6) is -0.504. The molecule has 1 N–H and O–H groups in total. The van der Waals surface area contributed by atoms with E-state index in [2.05, 4.69) is 31.2 Å². The Morgan fingerprint density at radius 2 is 2.12 bits per heavy atom. The molecule has 3 nitrogen and oxygen atoms in total. The van der Waals surface area contributed by atoms with E-state index < -0.39 is 12.1 Å². The van der Waals surface area contributed by atoms with E-state index in [-0.39, 0.29) is 0 Å². The number of ether oxygens (including phenoxy) is 1. The van der Waals surface area contributed by atoms with Gasteiger partial charge in [0.15, 0.2) is 6.10 Å². The van der Waals surface area contributed by atoms with Gasteiger partial charge in [0.05, 0.1) is 6.61 Å². The van der Waals surface area contributed by atoms with E-state index in [4.69, 9.17) is 9.84 Å². The molecule has 1 aliphatic rings. The molecular weight excluding hydrogens is 204 g/mol. The molecule has 1 aromatic carbocycles. The van der Waals surface area contributed by atoms with E-state index >= 15 is 0 Å². The molecule has 2 atom stereocenters. The zero-order chi connectivity index (χ0) is 11.5. The van der Waals surface area contributed by atoms with Crippen molar-refractivity contribution in [3.05, 3.63) is 35.4 Å². The van der Waals surface area contributed by atoms with Crippen LogP contribution in [0.25, 0.3) is 0 Å². The first kappa shape index (κ1) is 11.1. The summed E-state index contributed by atoms with van der Waals surface area (Å²) < 4.78 is 5.22. The Hall–Kier alpha value is -1.35. The standard InChI is InChI=1S/C13H16O3/c1-9-2-4-10(5-3-9)6-11-7-12(13(14)15)16-8-11/h2-5,11-12H,6-8H2,1H3,(H,14,15). The largest absolute Gasteiger partial charge is 0.479 e. The van der Waals surface area contributed by atoms with Crippen LogP contribution in [-0.2, 0) is 16.0 Å². The van der Waals surface area contributed by atoms with E-state index in [1.807, 2.05) is 0 Å². The van der Waals surface area contributed by atoms with Gasteiger partial charge in [-0.05, 0) is 31.2 Å². The molecule has 0 spiro atoms. The third kappa shape index (κ3) is 2.61. The summed E-state index contributed by atoms with van der Waals surface area (Å²) >= 11 is 0. The molecule has 1 heterocycles. The quantitative estimate of drug-likeness (QED) is 0.847. The van der Waals surface area contributed by atoms with Gasteiger partial charge in [-0.3, -0.25) is 0 Å². The van der Waals surface area contributed by atoms with Gasteiger partial charge < -0.3 is 9.84 Å². The van der Waals surface area contributed by atoms with E-state index in [0.717, 1.165) is 6.42 Å². The Balaban J connectivity index is 1.92. The van der Waals surface area contributed by atoms with Crippen LogP contribution in [0.15, 0.2) is 24.3 Å². The molecule has 1 saturated heterocycles. The molecule has 0 aromatic heterocycles. The van der Waals surface area contributed by atoms with Crippen LogP contribution in [-0.4, -0.2) is 23.8 Å². The monoisotopic (exact) mass is 220 g/mol. The van der Waals surface area contributed by atoms with Gasteiger partial charge in [0.1, 0.15) is 0 Å². The van der Waals surface area contributed by atoms with Crippen molar-refractivity contribution in [3.8, 4) is 0 Å². The van der Waals surface area contributed by atoms with Crippen molar-refractivity contribution in [1.82, 2.24) is 0 Å². The molecule has 1 aliphatic heterocycles. The van der Waals surface area contributed by atoms with Crippen molar-refractivity contribution in [2.75, 3.05) is 6.61 Å².